The quantitative estimate of drug-likeness (QED) is 0.867. The molecule has 0 aliphatic rings. The minimum atomic E-state index is 0.663. The number of rotatable bonds is 5. The van der Waals surface area contributed by atoms with E-state index < -0.39 is 0 Å². The number of halogens is 1. The van der Waals surface area contributed by atoms with Crippen LogP contribution >= 0.6 is 11.6 Å². The number of aryl methyl sites for hydroxylation is 1. The SMILES string of the molecule is Cc1ccc(Cl)cc1-n1cccc1CNCC(C)C. The zero-order valence-electron chi connectivity index (χ0n) is 11.8. The monoisotopic (exact) mass is 276 g/mol. The summed E-state index contributed by atoms with van der Waals surface area (Å²) in [6.07, 6.45) is 2.09. The van der Waals surface area contributed by atoms with Crippen molar-refractivity contribution in [2.75, 3.05) is 6.54 Å². The molecule has 0 saturated heterocycles. The Morgan fingerprint density at radius 1 is 1.26 bits per heavy atom. The van der Waals surface area contributed by atoms with Crippen LogP contribution in [0, 0.1) is 12.8 Å². The molecule has 0 amide bonds. The molecule has 1 heterocycles. The van der Waals surface area contributed by atoms with E-state index in [0.717, 1.165) is 23.8 Å². The fourth-order valence-electron chi connectivity index (χ4n) is 2.13. The van der Waals surface area contributed by atoms with Gasteiger partial charge < -0.3 is 9.88 Å². The first kappa shape index (κ1) is 14.2. The van der Waals surface area contributed by atoms with Crippen LogP contribution in [0.3, 0.4) is 0 Å². The summed E-state index contributed by atoms with van der Waals surface area (Å²) in [6, 6.07) is 10.2. The lowest BCUT2D eigenvalue weighted by Crippen LogP contribution is -2.20. The Bertz CT molecular complexity index is 543. The zero-order valence-corrected chi connectivity index (χ0v) is 12.5. The second-order valence-corrected chi connectivity index (χ2v) is 5.76. The lowest BCUT2D eigenvalue weighted by Gasteiger charge is -2.14. The molecule has 0 aliphatic heterocycles. The number of hydrogen-bond donors (Lipinski definition) is 1. The second kappa shape index (κ2) is 6.27. The van der Waals surface area contributed by atoms with Gasteiger partial charge in [0.15, 0.2) is 0 Å². The van der Waals surface area contributed by atoms with Crippen LogP contribution in [0.25, 0.3) is 5.69 Å². The highest BCUT2D eigenvalue weighted by Gasteiger charge is 2.06. The van der Waals surface area contributed by atoms with E-state index in [9.17, 15) is 0 Å². The summed E-state index contributed by atoms with van der Waals surface area (Å²) in [7, 11) is 0. The third-order valence-electron chi connectivity index (χ3n) is 3.12. The van der Waals surface area contributed by atoms with Crippen LogP contribution in [0.5, 0.6) is 0 Å². The number of hydrogen-bond acceptors (Lipinski definition) is 1. The zero-order chi connectivity index (χ0) is 13.8. The number of nitrogens with one attached hydrogen (secondary N) is 1. The predicted molar refractivity (Wildman–Crippen MR) is 82.1 cm³/mol. The summed E-state index contributed by atoms with van der Waals surface area (Å²) >= 11 is 6.10. The van der Waals surface area contributed by atoms with E-state index in [2.05, 4.69) is 55.1 Å². The van der Waals surface area contributed by atoms with E-state index in [1.807, 2.05) is 12.1 Å². The normalized spacial score (nSPS) is 11.2. The summed E-state index contributed by atoms with van der Waals surface area (Å²) in [5.41, 5.74) is 3.63. The molecule has 0 saturated carbocycles. The summed E-state index contributed by atoms with van der Waals surface area (Å²) in [5.74, 6) is 0.663. The van der Waals surface area contributed by atoms with Gasteiger partial charge >= 0.3 is 0 Å². The van der Waals surface area contributed by atoms with Crippen LogP contribution in [0.1, 0.15) is 25.1 Å². The van der Waals surface area contributed by atoms with Gasteiger partial charge in [-0.05, 0) is 49.2 Å². The molecule has 1 aromatic carbocycles. The molecule has 2 rings (SSSR count). The molecular formula is C16H21ClN2. The van der Waals surface area contributed by atoms with Gasteiger partial charge in [-0.25, -0.2) is 0 Å². The van der Waals surface area contributed by atoms with Gasteiger partial charge in [0, 0.05) is 29.1 Å². The summed E-state index contributed by atoms with van der Waals surface area (Å²) < 4.78 is 2.20. The van der Waals surface area contributed by atoms with Crippen LogP contribution in [0.15, 0.2) is 36.5 Å². The molecule has 0 aliphatic carbocycles. The standard InChI is InChI=1S/C16H21ClN2/c1-12(2)10-18-11-15-5-4-8-19(15)16-9-14(17)7-6-13(16)3/h4-9,12,18H,10-11H2,1-3H3. The van der Waals surface area contributed by atoms with Crippen molar-refractivity contribution in [1.82, 2.24) is 9.88 Å². The van der Waals surface area contributed by atoms with Crippen molar-refractivity contribution in [1.29, 1.82) is 0 Å². The molecule has 19 heavy (non-hydrogen) atoms. The molecule has 2 nitrogen and oxygen atoms in total. The van der Waals surface area contributed by atoms with Crippen molar-refractivity contribution >= 4 is 11.6 Å². The smallest absolute Gasteiger partial charge is 0.0496 e. The third kappa shape index (κ3) is 3.62. The molecule has 0 atom stereocenters. The molecule has 0 radical (unpaired) electrons. The lowest BCUT2D eigenvalue weighted by atomic mass is 10.2. The van der Waals surface area contributed by atoms with Gasteiger partial charge in [-0.3, -0.25) is 0 Å². The van der Waals surface area contributed by atoms with Gasteiger partial charge in [-0.15, -0.1) is 0 Å². The van der Waals surface area contributed by atoms with Crippen molar-refractivity contribution in [2.24, 2.45) is 5.92 Å². The van der Waals surface area contributed by atoms with E-state index in [4.69, 9.17) is 11.6 Å². The van der Waals surface area contributed by atoms with Gasteiger partial charge in [0.25, 0.3) is 0 Å². The third-order valence-corrected chi connectivity index (χ3v) is 3.36. The van der Waals surface area contributed by atoms with Gasteiger partial charge in [0.05, 0.1) is 0 Å². The highest BCUT2D eigenvalue weighted by Crippen LogP contribution is 2.21. The van der Waals surface area contributed by atoms with E-state index in [-0.39, 0.29) is 0 Å². The molecule has 0 fully saturated rings. The fraction of sp³-hybridized carbons (Fsp3) is 0.375. The predicted octanol–water partition coefficient (Wildman–Crippen LogP) is 4.18. The van der Waals surface area contributed by atoms with Crippen molar-refractivity contribution < 1.29 is 0 Å². The molecule has 3 heteroatoms. The molecule has 1 N–H and O–H groups in total. The second-order valence-electron chi connectivity index (χ2n) is 5.33. The van der Waals surface area contributed by atoms with E-state index in [0.29, 0.717) is 5.92 Å². The van der Waals surface area contributed by atoms with Crippen LogP contribution < -0.4 is 5.32 Å². The maximum absolute atomic E-state index is 6.10. The van der Waals surface area contributed by atoms with E-state index in [1.165, 1.54) is 11.3 Å². The lowest BCUT2D eigenvalue weighted by molar-refractivity contribution is 0.545. The molecule has 102 valence electrons. The summed E-state index contributed by atoms with van der Waals surface area (Å²) in [5, 5.41) is 4.25. The first-order valence-electron chi connectivity index (χ1n) is 6.71. The van der Waals surface area contributed by atoms with Gasteiger partial charge in [-0.1, -0.05) is 31.5 Å². The van der Waals surface area contributed by atoms with Gasteiger partial charge in [-0.2, -0.15) is 0 Å². The van der Waals surface area contributed by atoms with E-state index in [1.54, 1.807) is 0 Å². The van der Waals surface area contributed by atoms with Gasteiger partial charge in [0.2, 0.25) is 0 Å². The topological polar surface area (TPSA) is 17.0 Å². The minimum Gasteiger partial charge on any atom is -0.319 e. The van der Waals surface area contributed by atoms with E-state index >= 15 is 0 Å². The average molecular weight is 277 g/mol. The van der Waals surface area contributed by atoms with Crippen LogP contribution in [-0.2, 0) is 6.54 Å². The Morgan fingerprint density at radius 2 is 2.05 bits per heavy atom. The number of aromatic nitrogens is 1. The first-order chi connectivity index (χ1) is 9.08. The Balaban J connectivity index is 2.21. The molecule has 0 unspecified atom stereocenters. The summed E-state index contributed by atoms with van der Waals surface area (Å²) in [6.45, 7) is 8.44. The van der Waals surface area contributed by atoms with Crippen LogP contribution in [0.4, 0.5) is 0 Å². The first-order valence-corrected chi connectivity index (χ1v) is 7.09. The van der Waals surface area contributed by atoms with Gasteiger partial charge in [0.1, 0.15) is 0 Å². The molecule has 2 aromatic rings. The highest BCUT2D eigenvalue weighted by atomic mass is 35.5. The fourth-order valence-corrected chi connectivity index (χ4v) is 2.29. The number of benzene rings is 1. The van der Waals surface area contributed by atoms with Crippen LogP contribution in [-0.4, -0.2) is 11.1 Å². The maximum atomic E-state index is 6.10. The highest BCUT2D eigenvalue weighted by molar-refractivity contribution is 6.30. The Hall–Kier alpha value is -1.25. The van der Waals surface area contributed by atoms with Crippen molar-refractivity contribution in [2.45, 2.75) is 27.3 Å². The largest absolute Gasteiger partial charge is 0.319 e. The summed E-state index contributed by atoms with van der Waals surface area (Å²) in [4.78, 5) is 0. The molecule has 0 bridgehead atoms. The van der Waals surface area contributed by atoms with Crippen LogP contribution in [0.2, 0.25) is 5.02 Å². The van der Waals surface area contributed by atoms with Crippen molar-refractivity contribution in [3.63, 3.8) is 0 Å². The van der Waals surface area contributed by atoms with Crippen molar-refractivity contribution in [3.05, 3.63) is 52.8 Å². The Kier molecular flexibility index (Phi) is 4.67. The number of nitrogens with zero attached hydrogens (tertiary/aromatic N) is 1. The van der Waals surface area contributed by atoms with Crippen molar-refractivity contribution in [3.8, 4) is 5.69 Å². The minimum absolute atomic E-state index is 0.663. The molecular weight excluding hydrogens is 256 g/mol. The molecule has 1 aromatic heterocycles. The Labute approximate surface area is 120 Å². The molecule has 0 spiro atoms. The Morgan fingerprint density at radius 3 is 2.79 bits per heavy atom. The average Bonchev–Trinajstić information content (AvgIpc) is 2.80. The maximum Gasteiger partial charge on any atom is 0.0496 e.